The molecule has 0 aliphatic carbocycles. The van der Waals surface area contributed by atoms with E-state index in [1.807, 2.05) is 31.2 Å². The van der Waals surface area contributed by atoms with Crippen LogP contribution in [0.3, 0.4) is 0 Å². The fourth-order valence-corrected chi connectivity index (χ4v) is 2.20. The van der Waals surface area contributed by atoms with Crippen LogP contribution in [0.1, 0.15) is 18.5 Å². The topological polar surface area (TPSA) is 47.6 Å². The van der Waals surface area contributed by atoms with E-state index < -0.39 is 0 Å². The number of methoxy groups -OCH3 is 1. The van der Waals surface area contributed by atoms with Crippen LogP contribution in [0.4, 0.5) is 0 Å². The van der Waals surface area contributed by atoms with Crippen LogP contribution in [0.25, 0.3) is 0 Å². The smallest absolute Gasteiger partial charge is 0.258 e. The summed E-state index contributed by atoms with van der Waals surface area (Å²) in [4.78, 5) is 11.9. The van der Waals surface area contributed by atoms with E-state index in [2.05, 4.69) is 21.2 Å². The Morgan fingerprint density at radius 2 is 1.68 bits per heavy atom. The van der Waals surface area contributed by atoms with E-state index in [4.69, 9.17) is 9.47 Å². The van der Waals surface area contributed by atoms with Crippen LogP contribution in [0.15, 0.2) is 53.0 Å². The van der Waals surface area contributed by atoms with E-state index in [0.717, 1.165) is 15.8 Å². The maximum Gasteiger partial charge on any atom is 0.258 e. The van der Waals surface area contributed by atoms with Gasteiger partial charge in [0, 0.05) is 4.47 Å². The van der Waals surface area contributed by atoms with Gasteiger partial charge in [-0.1, -0.05) is 28.1 Å². The SMILES string of the molecule is COc1ccc(OCC(=O)NC(C)c2ccc(Br)cc2)cc1. The van der Waals surface area contributed by atoms with Crippen molar-refractivity contribution < 1.29 is 14.3 Å². The fraction of sp³-hybridized carbons (Fsp3) is 0.235. The summed E-state index contributed by atoms with van der Waals surface area (Å²) in [7, 11) is 1.60. The van der Waals surface area contributed by atoms with E-state index in [9.17, 15) is 4.79 Å². The standard InChI is InChI=1S/C17H18BrNO3/c1-12(13-3-5-14(18)6-4-13)19-17(20)11-22-16-9-7-15(21-2)8-10-16/h3-10,12H,11H2,1-2H3,(H,19,20). The molecule has 0 bridgehead atoms. The van der Waals surface area contributed by atoms with Crippen molar-refractivity contribution in [3.05, 3.63) is 58.6 Å². The molecule has 22 heavy (non-hydrogen) atoms. The highest BCUT2D eigenvalue weighted by Crippen LogP contribution is 2.18. The van der Waals surface area contributed by atoms with Crippen LogP contribution in [-0.4, -0.2) is 19.6 Å². The van der Waals surface area contributed by atoms with Crippen molar-refractivity contribution in [2.75, 3.05) is 13.7 Å². The predicted molar refractivity (Wildman–Crippen MR) is 89.2 cm³/mol. The Kier molecular flexibility index (Phi) is 5.83. The third kappa shape index (κ3) is 4.77. The molecule has 2 aromatic rings. The first-order valence-electron chi connectivity index (χ1n) is 6.90. The van der Waals surface area contributed by atoms with Gasteiger partial charge in [-0.2, -0.15) is 0 Å². The van der Waals surface area contributed by atoms with E-state index in [0.29, 0.717) is 5.75 Å². The van der Waals surface area contributed by atoms with Crippen molar-refractivity contribution in [1.82, 2.24) is 5.32 Å². The molecule has 4 nitrogen and oxygen atoms in total. The van der Waals surface area contributed by atoms with Gasteiger partial charge in [-0.05, 0) is 48.9 Å². The molecular formula is C17H18BrNO3. The largest absolute Gasteiger partial charge is 0.497 e. The molecule has 1 atom stereocenters. The van der Waals surface area contributed by atoms with E-state index in [1.165, 1.54) is 0 Å². The highest BCUT2D eigenvalue weighted by Gasteiger charge is 2.10. The van der Waals surface area contributed by atoms with Gasteiger partial charge in [-0.25, -0.2) is 0 Å². The minimum absolute atomic E-state index is 0.0206. The molecule has 1 N–H and O–H groups in total. The number of hydrogen-bond donors (Lipinski definition) is 1. The predicted octanol–water partition coefficient (Wildman–Crippen LogP) is 3.71. The summed E-state index contributed by atoms with van der Waals surface area (Å²) in [6.07, 6.45) is 0. The lowest BCUT2D eigenvalue weighted by Crippen LogP contribution is -2.31. The zero-order chi connectivity index (χ0) is 15.9. The van der Waals surface area contributed by atoms with Gasteiger partial charge in [0.15, 0.2) is 6.61 Å². The van der Waals surface area contributed by atoms with Gasteiger partial charge >= 0.3 is 0 Å². The Morgan fingerprint density at radius 3 is 2.27 bits per heavy atom. The summed E-state index contributed by atoms with van der Waals surface area (Å²) in [6.45, 7) is 1.92. The van der Waals surface area contributed by atoms with Crippen molar-refractivity contribution in [3.63, 3.8) is 0 Å². The zero-order valence-corrected chi connectivity index (χ0v) is 14.1. The maximum absolute atomic E-state index is 11.9. The van der Waals surface area contributed by atoms with Crippen LogP contribution in [0.5, 0.6) is 11.5 Å². The molecule has 0 fully saturated rings. The summed E-state index contributed by atoms with van der Waals surface area (Å²) < 4.78 is 11.5. The number of carbonyl (C=O) groups is 1. The van der Waals surface area contributed by atoms with Gasteiger partial charge in [0.25, 0.3) is 5.91 Å². The Labute approximate surface area is 138 Å². The second-order valence-electron chi connectivity index (χ2n) is 4.80. The lowest BCUT2D eigenvalue weighted by molar-refractivity contribution is -0.123. The second-order valence-corrected chi connectivity index (χ2v) is 5.72. The lowest BCUT2D eigenvalue weighted by Gasteiger charge is -2.15. The molecule has 0 heterocycles. The van der Waals surface area contributed by atoms with E-state index >= 15 is 0 Å². The van der Waals surface area contributed by atoms with Gasteiger partial charge < -0.3 is 14.8 Å². The molecule has 5 heteroatoms. The molecule has 1 amide bonds. The molecule has 1 unspecified atom stereocenters. The number of ether oxygens (including phenoxy) is 2. The third-order valence-electron chi connectivity index (χ3n) is 3.18. The molecule has 0 aromatic heterocycles. The monoisotopic (exact) mass is 363 g/mol. The molecule has 0 saturated carbocycles. The van der Waals surface area contributed by atoms with Crippen molar-refractivity contribution in [2.45, 2.75) is 13.0 Å². The van der Waals surface area contributed by atoms with Crippen LogP contribution in [0, 0.1) is 0 Å². The minimum Gasteiger partial charge on any atom is -0.497 e. The summed E-state index contributed by atoms with van der Waals surface area (Å²) in [5.41, 5.74) is 1.04. The van der Waals surface area contributed by atoms with Crippen LogP contribution in [0.2, 0.25) is 0 Å². The lowest BCUT2D eigenvalue weighted by atomic mass is 10.1. The number of rotatable bonds is 6. The highest BCUT2D eigenvalue weighted by molar-refractivity contribution is 9.10. The molecule has 0 aliphatic rings. The van der Waals surface area contributed by atoms with Crippen LogP contribution < -0.4 is 14.8 Å². The number of hydrogen-bond acceptors (Lipinski definition) is 3. The van der Waals surface area contributed by atoms with Gasteiger partial charge in [0.1, 0.15) is 11.5 Å². The molecule has 116 valence electrons. The van der Waals surface area contributed by atoms with Crippen LogP contribution in [-0.2, 0) is 4.79 Å². The molecule has 0 radical (unpaired) electrons. The van der Waals surface area contributed by atoms with Crippen LogP contribution >= 0.6 is 15.9 Å². The zero-order valence-electron chi connectivity index (χ0n) is 12.5. The normalized spacial score (nSPS) is 11.6. The number of amides is 1. The number of nitrogens with one attached hydrogen (secondary N) is 1. The first-order valence-corrected chi connectivity index (χ1v) is 7.69. The summed E-state index contributed by atoms with van der Waals surface area (Å²) >= 11 is 3.39. The number of carbonyl (C=O) groups excluding carboxylic acids is 1. The Balaban J connectivity index is 1.83. The number of benzene rings is 2. The molecule has 2 aromatic carbocycles. The highest BCUT2D eigenvalue weighted by atomic mass is 79.9. The molecule has 2 rings (SSSR count). The molecule has 0 spiro atoms. The Bertz CT molecular complexity index is 611. The van der Waals surface area contributed by atoms with Crippen molar-refractivity contribution in [2.24, 2.45) is 0 Å². The van der Waals surface area contributed by atoms with E-state index in [1.54, 1.807) is 31.4 Å². The Morgan fingerprint density at radius 1 is 1.09 bits per heavy atom. The van der Waals surface area contributed by atoms with Gasteiger partial charge in [0.05, 0.1) is 13.2 Å². The van der Waals surface area contributed by atoms with Gasteiger partial charge in [-0.3, -0.25) is 4.79 Å². The third-order valence-corrected chi connectivity index (χ3v) is 3.71. The van der Waals surface area contributed by atoms with Gasteiger partial charge in [0.2, 0.25) is 0 Å². The average molecular weight is 364 g/mol. The quantitative estimate of drug-likeness (QED) is 0.850. The van der Waals surface area contributed by atoms with E-state index in [-0.39, 0.29) is 18.6 Å². The Hall–Kier alpha value is -2.01. The van der Waals surface area contributed by atoms with Gasteiger partial charge in [-0.15, -0.1) is 0 Å². The number of halogens is 1. The minimum atomic E-state index is -0.161. The molecule has 0 saturated heterocycles. The van der Waals surface area contributed by atoms with Crippen molar-refractivity contribution in [1.29, 1.82) is 0 Å². The fourth-order valence-electron chi connectivity index (χ4n) is 1.94. The first-order chi connectivity index (χ1) is 10.6. The first kappa shape index (κ1) is 16.4. The summed E-state index contributed by atoms with van der Waals surface area (Å²) in [6, 6.07) is 14.9. The maximum atomic E-state index is 11.9. The summed E-state index contributed by atoms with van der Waals surface area (Å²) in [5.74, 6) is 1.22. The van der Waals surface area contributed by atoms with Crippen molar-refractivity contribution in [3.8, 4) is 11.5 Å². The molecule has 0 aliphatic heterocycles. The average Bonchev–Trinajstić information content (AvgIpc) is 2.54. The molecular weight excluding hydrogens is 346 g/mol. The van der Waals surface area contributed by atoms with Crippen molar-refractivity contribution >= 4 is 21.8 Å². The second kappa shape index (κ2) is 7.84. The summed E-state index contributed by atoms with van der Waals surface area (Å²) in [5, 5.41) is 2.90.